The lowest BCUT2D eigenvalue weighted by Crippen LogP contribution is -2.41. The fourth-order valence-corrected chi connectivity index (χ4v) is 2.78. The van der Waals surface area contributed by atoms with Crippen molar-refractivity contribution in [3.8, 4) is 0 Å². The molecule has 4 nitrogen and oxygen atoms in total. The van der Waals surface area contributed by atoms with Gasteiger partial charge in [-0.05, 0) is 51.5 Å². The van der Waals surface area contributed by atoms with Gasteiger partial charge in [-0.15, -0.1) is 0 Å². The van der Waals surface area contributed by atoms with E-state index in [0.29, 0.717) is 5.56 Å². The Hall–Kier alpha value is -2.37. The number of carbonyl (C=O) groups excluding carboxylic acids is 1. The van der Waals surface area contributed by atoms with Crippen LogP contribution in [0.25, 0.3) is 0 Å². The second-order valence-corrected chi connectivity index (χ2v) is 7.61. The molecule has 1 saturated heterocycles. The van der Waals surface area contributed by atoms with E-state index < -0.39 is 24.4 Å². The Morgan fingerprint density at radius 3 is 2.00 bits per heavy atom. The van der Waals surface area contributed by atoms with Gasteiger partial charge in [-0.2, -0.15) is 0 Å². The summed E-state index contributed by atoms with van der Waals surface area (Å²) in [5, 5.41) is 0. The lowest BCUT2D eigenvalue weighted by Gasteiger charge is -2.32. The highest BCUT2D eigenvalue weighted by atomic mass is 16.7. The molecule has 1 aliphatic heterocycles. The Morgan fingerprint density at radius 2 is 1.44 bits per heavy atom. The third-order valence-electron chi connectivity index (χ3n) is 5.09. The summed E-state index contributed by atoms with van der Waals surface area (Å²) in [6.07, 6.45) is 1.29. The van der Waals surface area contributed by atoms with E-state index in [1.807, 2.05) is 88.3 Å². The van der Waals surface area contributed by atoms with Gasteiger partial charge >= 0.3 is 13.1 Å². The SMILES string of the molecule is CC1(C)OB(/C=C/[C@@H](OC(=O)c2ccccc2)c2ccccc2)OC1(C)C. The molecule has 1 heterocycles. The predicted molar refractivity (Wildman–Crippen MR) is 106 cm³/mol. The van der Waals surface area contributed by atoms with Crippen molar-refractivity contribution in [2.24, 2.45) is 0 Å². The van der Waals surface area contributed by atoms with Crippen LogP contribution in [0.3, 0.4) is 0 Å². The molecule has 140 valence electrons. The zero-order valence-corrected chi connectivity index (χ0v) is 16.2. The first-order valence-corrected chi connectivity index (χ1v) is 9.13. The zero-order chi connectivity index (χ0) is 19.5. The van der Waals surface area contributed by atoms with Crippen LogP contribution in [-0.4, -0.2) is 24.3 Å². The molecule has 3 rings (SSSR count). The number of ether oxygens (including phenoxy) is 1. The van der Waals surface area contributed by atoms with Crippen molar-refractivity contribution in [3.63, 3.8) is 0 Å². The average Bonchev–Trinajstić information content (AvgIpc) is 2.86. The van der Waals surface area contributed by atoms with E-state index in [1.165, 1.54) is 0 Å². The largest absolute Gasteiger partial charge is 0.486 e. The van der Waals surface area contributed by atoms with Crippen LogP contribution in [0.5, 0.6) is 0 Å². The zero-order valence-electron chi connectivity index (χ0n) is 16.2. The van der Waals surface area contributed by atoms with Gasteiger partial charge in [0.25, 0.3) is 0 Å². The molecule has 0 N–H and O–H groups in total. The predicted octanol–water partition coefficient (Wildman–Crippen LogP) is 4.77. The smallest absolute Gasteiger partial charge is 0.450 e. The summed E-state index contributed by atoms with van der Waals surface area (Å²) in [5.41, 5.74) is 0.577. The van der Waals surface area contributed by atoms with E-state index in [1.54, 1.807) is 12.1 Å². The van der Waals surface area contributed by atoms with Crippen LogP contribution < -0.4 is 0 Å². The Morgan fingerprint density at radius 1 is 0.926 bits per heavy atom. The monoisotopic (exact) mass is 364 g/mol. The van der Waals surface area contributed by atoms with E-state index in [2.05, 4.69) is 0 Å². The maximum atomic E-state index is 12.5. The van der Waals surface area contributed by atoms with Crippen LogP contribution >= 0.6 is 0 Å². The van der Waals surface area contributed by atoms with Gasteiger partial charge < -0.3 is 14.0 Å². The molecule has 0 radical (unpaired) electrons. The maximum absolute atomic E-state index is 12.5. The molecular formula is C22H25BO4. The number of hydrogen-bond acceptors (Lipinski definition) is 4. The minimum absolute atomic E-state index is 0.372. The number of esters is 1. The summed E-state index contributed by atoms with van der Waals surface area (Å²) < 4.78 is 17.7. The van der Waals surface area contributed by atoms with Gasteiger partial charge in [0, 0.05) is 0 Å². The summed E-state index contributed by atoms with van der Waals surface area (Å²) in [7, 11) is -0.489. The highest BCUT2D eigenvalue weighted by Crippen LogP contribution is 2.37. The van der Waals surface area contributed by atoms with Crippen molar-refractivity contribution in [2.45, 2.75) is 45.0 Å². The molecule has 0 amide bonds. The van der Waals surface area contributed by atoms with Crippen molar-refractivity contribution < 1.29 is 18.8 Å². The Kier molecular flexibility index (Phi) is 5.54. The van der Waals surface area contributed by atoms with Crippen molar-refractivity contribution in [2.75, 3.05) is 0 Å². The van der Waals surface area contributed by atoms with Gasteiger partial charge in [0.2, 0.25) is 0 Å². The quantitative estimate of drug-likeness (QED) is 0.566. The molecule has 2 aromatic carbocycles. The van der Waals surface area contributed by atoms with Crippen molar-refractivity contribution in [1.82, 2.24) is 0 Å². The lowest BCUT2D eigenvalue weighted by atomic mass is 9.88. The van der Waals surface area contributed by atoms with Gasteiger partial charge in [-0.3, -0.25) is 0 Å². The first-order valence-electron chi connectivity index (χ1n) is 9.13. The molecule has 0 spiro atoms. The standard InChI is InChI=1S/C22H25BO4/c1-21(2)22(3,4)27-23(26-21)16-15-19(17-11-7-5-8-12-17)25-20(24)18-13-9-6-10-14-18/h5-16,19H,1-4H3/b16-15+/t19-/m1/s1. The van der Waals surface area contributed by atoms with Crippen LogP contribution in [0.4, 0.5) is 0 Å². The first-order chi connectivity index (χ1) is 12.8. The third kappa shape index (κ3) is 4.49. The second kappa shape index (κ2) is 7.71. The molecule has 1 fully saturated rings. The molecule has 0 bridgehead atoms. The van der Waals surface area contributed by atoms with Crippen LogP contribution in [-0.2, 0) is 14.0 Å². The van der Waals surface area contributed by atoms with E-state index in [4.69, 9.17) is 14.0 Å². The molecule has 27 heavy (non-hydrogen) atoms. The molecule has 0 saturated carbocycles. The van der Waals surface area contributed by atoms with E-state index in [9.17, 15) is 4.79 Å². The summed E-state index contributed by atoms with van der Waals surface area (Å²) in [6.45, 7) is 8.02. The van der Waals surface area contributed by atoms with Crippen molar-refractivity contribution >= 4 is 13.1 Å². The topological polar surface area (TPSA) is 44.8 Å². The fourth-order valence-electron chi connectivity index (χ4n) is 2.78. The molecule has 1 atom stereocenters. The fraction of sp³-hybridized carbons (Fsp3) is 0.318. The molecule has 0 aliphatic carbocycles. The summed E-state index contributed by atoms with van der Waals surface area (Å²) in [6, 6.07) is 18.6. The van der Waals surface area contributed by atoms with Gasteiger partial charge in [0.1, 0.15) is 6.10 Å². The minimum atomic E-state index is -0.530. The van der Waals surface area contributed by atoms with Crippen molar-refractivity contribution in [3.05, 3.63) is 83.8 Å². The number of rotatable bonds is 5. The van der Waals surface area contributed by atoms with Crippen LogP contribution in [0.1, 0.15) is 49.7 Å². The van der Waals surface area contributed by atoms with Crippen LogP contribution in [0, 0.1) is 0 Å². The van der Waals surface area contributed by atoms with Crippen molar-refractivity contribution in [1.29, 1.82) is 0 Å². The normalized spacial score (nSPS) is 19.2. The second-order valence-electron chi connectivity index (χ2n) is 7.61. The van der Waals surface area contributed by atoms with Gasteiger partial charge in [-0.25, -0.2) is 4.79 Å². The van der Waals surface area contributed by atoms with E-state index in [0.717, 1.165) is 5.56 Å². The summed E-state index contributed by atoms with van der Waals surface area (Å²) >= 11 is 0. The molecule has 0 aromatic heterocycles. The number of carbonyl (C=O) groups is 1. The third-order valence-corrected chi connectivity index (χ3v) is 5.09. The Labute approximate surface area is 161 Å². The van der Waals surface area contributed by atoms with Crippen LogP contribution in [0.2, 0.25) is 0 Å². The van der Waals surface area contributed by atoms with Crippen LogP contribution in [0.15, 0.2) is 72.7 Å². The van der Waals surface area contributed by atoms with Gasteiger partial charge in [-0.1, -0.05) is 54.5 Å². The molecule has 2 aromatic rings. The molecule has 5 heteroatoms. The highest BCUT2D eigenvalue weighted by molar-refractivity contribution is 6.51. The Bertz CT molecular complexity index is 784. The van der Waals surface area contributed by atoms with Gasteiger partial charge in [0.05, 0.1) is 16.8 Å². The molecular weight excluding hydrogens is 339 g/mol. The minimum Gasteiger partial charge on any atom is -0.450 e. The highest BCUT2D eigenvalue weighted by Gasteiger charge is 2.50. The lowest BCUT2D eigenvalue weighted by molar-refractivity contribution is 0.00578. The molecule has 0 unspecified atom stereocenters. The first kappa shape index (κ1) is 19.4. The maximum Gasteiger partial charge on any atom is 0.486 e. The Balaban J connectivity index is 1.78. The van der Waals surface area contributed by atoms with E-state index >= 15 is 0 Å². The molecule has 1 aliphatic rings. The number of benzene rings is 2. The number of hydrogen-bond donors (Lipinski definition) is 0. The summed E-state index contributed by atoms with van der Waals surface area (Å²) in [4.78, 5) is 12.5. The summed E-state index contributed by atoms with van der Waals surface area (Å²) in [5.74, 6) is 1.44. The average molecular weight is 364 g/mol. The van der Waals surface area contributed by atoms with E-state index in [-0.39, 0.29) is 5.97 Å². The van der Waals surface area contributed by atoms with Gasteiger partial charge in [0.15, 0.2) is 0 Å².